The predicted molar refractivity (Wildman–Crippen MR) is 64.2 cm³/mol. The van der Waals surface area contributed by atoms with Crippen LogP contribution >= 0.6 is 0 Å². The number of amides is 1. The fraction of sp³-hybridized carbons (Fsp3) is 0.308. The first-order valence-electron chi connectivity index (χ1n) is 5.40. The largest absolute Gasteiger partial charge is 0.394 e. The molecule has 0 radical (unpaired) electrons. The van der Waals surface area contributed by atoms with Crippen LogP contribution in [-0.2, 0) is 0 Å². The highest BCUT2D eigenvalue weighted by atomic mass is 16.3. The Morgan fingerprint density at radius 3 is 2.24 bits per heavy atom. The van der Waals surface area contributed by atoms with Gasteiger partial charge in [-0.15, -0.1) is 0 Å². The molecule has 2 N–H and O–H groups in total. The van der Waals surface area contributed by atoms with Gasteiger partial charge in [0.1, 0.15) is 0 Å². The molecule has 0 aromatic heterocycles. The smallest absolute Gasteiger partial charge is 0.259 e. The second-order valence-electron chi connectivity index (χ2n) is 4.45. The molecule has 1 aromatic rings. The summed E-state index contributed by atoms with van der Waals surface area (Å²) in [5.74, 6) is -0.226. The lowest BCUT2D eigenvalue weighted by Gasteiger charge is -2.36. The maximum Gasteiger partial charge on any atom is 0.259 e. The van der Waals surface area contributed by atoms with Crippen LogP contribution < -0.4 is 0 Å². The maximum absolute atomic E-state index is 12.2. The van der Waals surface area contributed by atoms with E-state index in [0.29, 0.717) is 11.3 Å². The number of fused-ring (bicyclic) bond motifs is 1. The third-order valence-electron chi connectivity index (χ3n) is 3.16. The van der Waals surface area contributed by atoms with Crippen molar-refractivity contribution in [1.82, 2.24) is 4.90 Å². The van der Waals surface area contributed by atoms with Crippen molar-refractivity contribution >= 4 is 11.6 Å². The Morgan fingerprint density at radius 1 is 1.24 bits per heavy atom. The van der Waals surface area contributed by atoms with Gasteiger partial charge in [-0.1, -0.05) is 24.8 Å². The van der Waals surface area contributed by atoms with E-state index in [1.54, 1.807) is 19.1 Å². The van der Waals surface area contributed by atoms with Crippen molar-refractivity contribution in [3.8, 4) is 0 Å². The van der Waals surface area contributed by atoms with Crippen molar-refractivity contribution in [2.75, 3.05) is 13.2 Å². The van der Waals surface area contributed by atoms with E-state index in [2.05, 4.69) is 6.58 Å². The first-order chi connectivity index (χ1) is 8.05. The Morgan fingerprint density at radius 2 is 1.76 bits per heavy atom. The highest BCUT2D eigenvalue weighted by Crippen LogP contribution is 2.36. The van der Waals surface area contributed by atoms with Crippen molar-refractivity contribution < 1.29 is 15.0 Å². The topological polar surface area (TPSA) is 60.8 Å². The van der Waals surface area contributed by atoms with E-state index in [1.165, 1.54) is 4.90 Å². The zero-order valence-corrected chi connectivity index (χ0v) is 9.68. The minimum Gasteiger partial charge on any atom is -0.394 e. The third-order valence-corrected chi connectivity index (χ3v) is 3.16. The molecule has 1 amide bonds. The first-order valence-corrected chi connectivity index (χ1v) is 5.40. The minimum atomic E-state index is -1.02. The number of hydrogen-bond acceptors (Lipinski definition) is 3. The third kappa shape index (κ3) is 1.57. The highest BCUT2D eigenvalue weighted by Gasteiger charge is 2.42. The van der Waals surface area contributed by atoms with E-state index in [4.69, 9.17) is 0 Å². The molecule has 0 unspecified atom stereocenters. The van der Waals surface area contributed by atoms with E-state index >= 15 is 0 Å². The second kappa shape index (κ2) is 3.98. The van der Waals surface area contributed by atoms with E-state index in [0.717, 1.165) is 5.56 Å². The van der Waals surface area contributed by atoms with Gasteiger partial charge in [-0.2, -0.15) is 0 Å². The van der Waals surface area contributed by atoms with E-state index in [-0.39, 0.29) is 19.1 Å². The van der Waals surface area contributed by atoms with Gasteiger partial charge in [-0.05, 0) is 13.0 Å². The summed E-state index contributed by atoms with van der Waals surface area (Å²) in [7, 11) is 0. The Balaban J connectivity index is 2.50. The number of hydrogen-bond donors (Lipinski definition) is 2. The van der Waals surface area contributed by atoms with Crippen LogP contribution in [0.25, 0.3) is 5.70 Å². The summed E-state index contributed by atoms with van der Waals surface area (Å²) in [6.07, 6.45) is 0. The summed E-state index contributed by atoms with van der Waals surface area (Å²) < 4.78 is 0. The summed E-state index contributed by atoms with van der Waals surface area (Å²) in [4.78, 5) is 13.6. The van der Waals surface area contributed by atoms with Crippen LogP contribution in [0.4, 0.5) is 0 Å². The maximum atomic E-state index is 12.2. The van der Waals surface area contributed by atoms with Gasteiger partial charge in [0.05, 0.1) is 18.8 Å². The van der Waals surface area contributed by atoms with Gasteiger partial charge in [0.25, 0.3) is 5.91 Å². The lowest BCUT2D eigenvalue weighted by Crippen LogP contribution is -2.51. The molecule has 0 fully saturated rings. The average Bonchev–Trinajstić information content (AvgIpc) is 2.62. The van der Waals surface area contributed by atoms with E-state index < -0.39 is 5.54 Å². The average molecular weight is 233 g/mol. The van der Waals surface area contributed by atoms with E-state index in [1.807, 2.05) is 12.1 Å². The molecule has 1 aliphatic rings. The zero-order valence-electron chi connectivity index (χ0n) is 9.68. The van der Waals surface area contributed by atoms with Gasteiger partial charge < -0.3 is 10.2 Å². The molecule has 1 aromatic carbocycles. The van der Waals surface area contributed by atoms with Crippen LogP contribution in [0.1, 0.15) is 22.8 Å². The van der Waals surface area contributed by atoms with Crippen molar-refractivity contribution in [1.29, 1.82) is 0 Å². The Hall–Kier alpha value is -1.65. The quantitative estimate of drug-likeness (QED) is 0.814. The van der Waals surface area contributed by atoms with Gasteiger partial charge in [0, 0.05) is 16.8 Å². The van der Waals surface area contributed by atoms with Gasteiger partial charge in [0.15, 0.2) is 0 Å². The minimum absolute atomic E-state index is 0.226. The number of carbonyl (C=O) groups excluding carboxylic acids is 1. The molecular formula is C13H15NO3. The predicted octanol–water partition coefficient (Wildman–Crippen LogP) is 0.856. The fourth-order valence-electron chi connectivity index (χ4n) is 2.05. The molecule has 90 valence electrons. The summed E-state index contributed by atoms with van der Waals surface area (Å²) in [6.45, 7) is 4.86. The van der Waals surface area contributed by atoms with Crippen molar-refractivity contribution in [2.24, 2.45) is 0 Å². The Labute approximate surface area is 99.8 Å². The first kappa shape index (κ1) is 11.8. The number of rotatable bonds is 3. The SMILES string of the molecule is C=C1c2ccccc2C(=O)N1C(C)(CO)CO. The monoisotopic (exact) mass is 233 g/mol. The molecule has 0 spiro atoms. The van der Waals surface area contributed by atoms with Crippen LogP contribution in [0.5, 0.6) is 0 Å². The van der Waals surface area contributed by atoms with Gasteiger partial charge in [0.2, 0.25) is 0 Å². The van der Waals surface area contributed by atoms with Crippen molar-refractivity contribution in [3.63, 3.8) is 0 Å². The normalized spacial score (nSPS) is 15.4. The molecule has 1 heterocycles. The van der Waals surface area contributed by atoms with Crippen LogP contribution in [0, 0.1) is 0 Å². The fourth-order valence-corrected chi connectivity index (χ4v) is 2.05. The lowest BCUT2D eigenvalue weighted by molar-refractivity contribution is 0.0307. The molecule has 2 rings (SSSR count). The Kier molecular flexibility index (Phi) is 2.77. The molecule has 0 saturated heterocycles. The van der Waals surface area contributed by atoms with Gasteiger partial charge >= 0.3 is 0 Å². The molecule has 0 saturated carbocycles. The van der Waals surface area contributed by atoms with Gasteiger partial charge in [-0.3, -0.25) is 9.69 Å². The highest BCUT2D eigenvalue weighted by molar-refractivity contribution is 6.09. The number of nitrogens with zero attached hydrogens (tertiary/aromatic N) is 1. The molecular weight excluding hydrogens is 218 g/mol. The van der Waals surface area contributed by atoms with Crippen molar-refractivity contribution in [3.05, 3.63) is 42.0 Å². The molecule has 0 atom stereocenters. The number of carbonyl (C=O) groups is 1. The van der Waals surface area contributed by atoms with Gasteiger partial charge in [-0.25, -0.2) is 0 Å². The number of benzene rings is 1. The van der Waals surface area contributed by atoms with Crippen LogP contribution in [-0.4, -0.2) is 39.8 Å². The van der Waals surface area contributed by atoms with Crippen molar-refractivity contribution in [2.45, 2.75) is 12.5 Å². The molecule has 4 heteroatoms. The zero-order chi connectivity index (χ0) is 12.6. The number of aliphatic hydroxyl groups is 2. The molecule has 0 aliphatic carbocycles. The molecule has 17 heavy (non-hydrogen) atoms. The number of aliphatic hydroxyl groups excluding tert-OH is 2. The van der Waals surface area contributed by atoms with Crippen LogP contribution in [0.15, 0.2) is 30.8 Å². The standard InChI is InChI=1S/C13H15NO3/c1-9-10-5-3-4-6-11(10)12(17)14(9)13(2,7-15)8-16/h3-6,15-16H,1,7-8H2,2H3. The molecule has 0 bridgehead atoms. The Bertz CT molecular complexity index is 442. The van der Waals surface area contributed by atoms with Crippen LogP contribution in [0.3, 0.4) is 0 Å². The summed E-state index contributed by atoms with van der Waals surface area (Å²) >= 11 is 0. The lowest BCUT2D eigenvalue weighted by atomic mass is 10.0. The summed E-state index contributed by atoms with van der Waals surface area (Å²) in [5.41, 5.74) is 0.820. The molecule has 4 nitrogen and oxygen atoms in total. The summed E-state index contributed by atoms with van der Waals surface area (Å²) in [5, 5.41) is 18.7. The van der Waals surface area contributed by atoms with E-state index in [9.17, 15) is 15.0 Å². The summed E-state index contributed by atoms with van der Waals surface area (Å²) in [6, 6.07) is 7.14. The van der Waals surface area contributed by atoms with Crippen LogP contribution in [0.2, 0.25) is 0 Å². The molecule has 1 aliphatic heterocycles. The second-order valence-corrected chi connectivity index (χ2v) is 4.45.